The predicted octanol–water partition coefficient (Wildman–Crippen LogP) is 4.66. The predicted molar refractivity (Wildman–Crippen MR) is 90.7 cm³/mol. The smallest absolute Gasteiger partial charge is 0.123 e. The van der Waals surface area contributed by atoms with Gasteiger partial charge in [0.05, 0.1) is 28.4 Å². The van der Waals surface area contributed by atoms with Gasteiger partial charge in [0.2, 0.25) is 0 Å². The summed E-state index contributed by atoms with van der Waals surface area (Å²) in [5.74, 6) is 0. The Bertz CT molecular complexity index is 938. The molecular weight excluding hydrogens is 308 g/mol. The van der Waals surface area contributed by atoms with Gasteiger partial charge in [0, 0.05) is 5.39 Å². The monoisotopic (exact) mass is 322 g/mol. The van der Waals surface area contributed by atoms with Crippen molar-refractivity contribution in [2.24, 2.45) is 0 Å². The molecule has 0 aliphatic carbocycles. The molecule has 1 aliphatic heterocycles. The molecule has 0 radical (unpaired) electrons. The van der Waals surface area contributed by atoms with Crippen LogP contribution in [0.25, 0.3) is 10.9 Å². The number of aromatic amines is 1. The highest BCUT2D eigenvalue weighted by atomic mass is 35.5. The number of aromatic nitrogens is 1. The third kappa shape index (κ3) is 2.15. The molecule has 0 bridgehead atoms. The Morgan fingerprint density at radius 2 is 2.09 bits per heavy atom. The molecule has 0 saturated heterocycles. The number of H-pyrrole nitrogens is 1. The number of nitrogens with one attached hydrogen (secondary N) is 1. The van der Waals surface area contributed by atoms with Gasteiger partial charge in [-0.1, -0.05) is 41.9 Å². The second-order valence-electron chi connectivity index (χ2n) is 5.84. The molecule has 1 aliphatic rings. The maximum absolute atomic E-state index is 9.57. The lowest BCUT2D eigenvalue weighted by Gasteiger charge is -2.24. The fourth-order valence-corrected chi connectivity index (χ4v) is 3.73. The van der Waals surface area contributed by atoms with E-state index in [9.17, 15) is 5.26 Å². The third-order valence-electron chi connectivity index (χ3n) is 4.48. The summed E-state index contributed by atoms with van der Waals surface area (Å²) < 4.78 is 6.01. The Morgan fingerprint density at radius 3 is 2.83 bits per heavy atom. The van der Waals surface area contributed by atoms with E-state index in [2.05, 4.69) is 23.2 Å². The largest absolute Gasteiger partial charge is 0.367 e. The van der Waals surface area contributed by atoms with Crippen molar-refractivity contribution >= 4 is 22.5 Å². The molecule has 1 unspecified atom stereocenters. The molecule has 0 amide bonds. The van der Waals surface area contributed by atoms with Crippen LogP contribution in [0.4, 0.5) is 0 Å². The van der Waals surface area contributed by atoms with E-state index >= 15 is 0 Å². The van der Waals surface area contributed by atoms with Crippen LogP contribution in [0, 0.1) is 18.3 Å². The van der Waals surface area contributed by atoms with Gasteiger partial charge < -0.3 is 9.72 Å². The summed E-state index contributed by atoms with van der Waals surface area (Å²) in [6.45, 7) is 2.56. The summed E-state index contributed by atoms with van der Waals surface area (Å²) in [5, 5.41) is 11.2. The maximum Gasteiger partial charge on any atom is 0.123 e. The second kappa shape index (κ2) is 5.42. The molecule has 1 aromatic heterocycles. The van der Waals surface area contributed by atoms with Crippen molar-refractivity contribution in [2.75, 3.05) is 6.61 Å². The third-order valence-corrected chi connectivity index (χ3v) is 4.77. The minimum Gasteiger partial charge on any atom is -0.367 e. The quantitative estimate of drug-likeness (QED) is 0.708. The van der Waals surface area contributed by atoms with E-state index < -0.39 is 0 Å². The number of benzene rings is 2. The van der Waals surface area contributed by atoms with Crippen molar-refractivity contribution in [3.05, 3.63) is 69.4 Å². The molecule has 3 nitrogen and oxygen atoms in total. The zero-order valence-corrected chi connectivity index (χ0v) is 13.4. The molecule has 2 aromatic carbocycles. The lowest BCUT2D eigenvalue weighted by atomic mass is 9.95. The van der Waals surface area contributed by atoms with Crippen LogP contribution >= 0.6 is 11.6 Å². The second-order valence-corrected chi connectivity index (χ2v) is 6.25. The first kappa shape index (κ1) is 14.3. The number of nitrogens with zero attached hydrogens (tertiary/aromatic N) is 1. The Balaban J connectivity index is 2.02. The number of ether oxygens (including phenoxy) is 1. The first-order chi connectivity index (χ1) is 11.2. The van der Waals surface area contributed by atoms with Crippen LogP contribution in [0.3, 0.4) is 0 Å². The molecule has 114 valence electrons. The molecule has 4 heteroatoms. The summed E-state index contributed by atoms with van der Waals surface area (Å²) in [5.41, 5.74) is 5.73. The van der Waals surface area contributed by atoms with Crippen LogP contribution in [0.1, 0.15) is 34.1 Å². The molecule has 0 saturated carbocycles. The first-order valence-corrected chi connectivity index (χ1v) is 7.98. The highest BCUT2D eigenvalue weighted by molar-refractivity contribution is 6.35. The van der Waals surface area contributed by atoms with Crippen molar-refractivity contribution in [2.45, 2.75) is 19.4 Å². The topological polar surface area (TPSA) is 48.8 Å². The zero-order valence-electron chi connectivity index (χ0n) is 12.7. The number of hydrogen-bond donors (Lipinski definition) is 1. The van der Waals surface area contributed by atoms with E-state index in [1.807, 2.05) is 31.2 Å². The minimum atomic E-state index is -0.143. The van der Waals surface area contributed by atoms with Crippen molar-refractivity contribution in [3.63, 3.8) is 0 Å². The standard InChI is InChI=1S/C19H15ClN2O/c1-11-9-15(20)18-16(14(11)10-21)13-7-8-23-19(17(13)22-18)12-5-3-2-4-6-12/h2-6,9,19,22H,7-8H2,1H3. The number of halogens is 1. The molecule has 3 aromatic rings. The summed E-state index contributed by atoms with van der Waals surface area (Å²) in [7, 11) is 0. The SMILES string of the molecule is Cc1cc(Cl)c2[nH]c3c(c2c1C#N)CCOC3c1ccccc1. The molecule has 4 rings (SSSR count). The lowest BCUT2D eigenvalue weighted by Crippen LogP contribution is -2.16. The van der Waals surface area contributed by atoms with E-state index in [0.717, 1.165) is 39.7 Å². The van der Waals surface area contributed by atoms with Gasteiger partial charge in [-0.3, -0.25) is 0 Å². The summed E-state index contributed by atoms with van der Waals surface area (Å²) >= 11 is 6.42. The molecule has 0 fully saturated rings. The van der Waals surface area contributed by atoms with Gasteiger partial charge in [-0.2, -0.15) is 5.26 Å². The number of aryl methyl sites for hydroxylation is 1. The van der Waals surface area contributed by atoms with E-state index in [1.54, 1.807) is 0 Å². The zero-order chi connectivity index (χ0) is 16.0. The number of fused-ring (bicyclic) bond motifs is 3. The normalized spacial score (nSPS) is 17.0. The molecule has 2 heterocycles. The van der Waals surface area contributed by atoms with Crippen LogP contribution in [0.5, 0.6) is 0 Å². The number of nitriles is 1. The van der Waals surface area contributed by atoms with Gasteiger partial charge in [-0.15, -0.1) is 0 Å². The average Bonchev–Trinajstić information content (AvgIpc) is 2.96. The fourth-order valence-electron chi connectivity index (χ4n) is 3.43. The van der Waals surface area contributed by atoms with Crippen molar-refractivity contribution < 1.29 is 4.74 Å². The Labute approximate surface area is 139 Å². The Kier molecular flexibility index (Phi) is 3.37. The van der Waals surface area contributed by atoms with Gasteiger partial charge in [0.1, 0.15) is 12.2 Å². The first-order valence-electron chi connectivity index (χ1n) is 7.61. The van der Waals surface area contributed by atoms with Gasteiger partial charge >= 0.3 is 0 Å². The van der Waals surface area contributed by atoms with Gasteiger partial charge in [-0.25, -0.2) is 0 Å². The van der Waals surface area contributed by atoms with Gasteiger partial charge in [-0.05, 0) is 36.1 Å². The van der Waals surface area contributed by atoms with E-state index in [1.165, 1.54) is 0 Å². The molecule has 23 heavy (non-hydrogen) atoms. The maximum atomic E-state index is 9.57. The van der Waals surface area contributed by atoms with Gasteiger partial charge in [0.25, 0.3) is 0 Å². The van der Waals surface area contributed by atoms with Crippen LogP contribution in [0.2, 0.25) is 5.02 Å². The summed E-state index contributed by atoms with van der Waals surface area (Å²) in [6.07, 6.45) is 0.642. The minimum absolute atomic E-state index is 0.143. The average molecular weight is 323 g/mol. The van der Waals surface area contributed by atoms with E-state index in [4.69, 9.17) is 16.3 Å². The highest BCUT2D eigenvalue weighted by Gasteiger charge is 2.28. The van der Waals surface area contributed by atoms with E-state index in [0.29, 0.717) is 17.2 Å². The van der Waals surface area contributed by atoms with Crippen molar-refractivity contribution in [1.29, 1.82) is 5.26 Å². The van der Waals surface area contributed by atoms with Crippen LogP contribution < -0.4 is 0 Å². The molecular formula is C19H15ClN2O. The Morgan fingerprint density at radius 1 is 1.30 bits per heavy atom. The van der Waals surface area contributed by atoms with Crippen LogP contribution in [-0.2, 0) is 11.2 Å². The van der Waals surface area contributed by atoms with Crippen molar-refractivity contribution in [3.8, 4) is 6.07 Å². The van der Waals surface area contributed by atoms with Crippen LogP contribution in [0.15, 0.2) is 36.4 Å². The number of hydrogen-bond acceptors (Lipinski definition) is 2. The highest BCUT2D eigenvalue weighted by Crippen LogP contribution is 2.40. The lowest BCUT2D eigenvalue weighted by molar-refractivity contribution is 0.0677. The summed E-state index contributed by atoms with van der Waals surface area (Å²) in [6, 6.07) is 14.3. The van der Waals surface area contributed by atoms with Crippen LogP contribution in [-0.4, -0.2) is 11.6 Å². The number of rotatable bonds is 1. The van der Waals surface area contributed by atoms with Crippen molar-refractivity contribution in [1.82, 2.24) is 4.98 Å². The van der Waals surface area contributed by atoms with Gasteiger partial charge in [0.15, 0.2) is 0 Å². The Hall–Kier alpha value is -2.28. The summed E-state index contributed by atoms with van der Waals surface area (Å²) in [4.78, 5) is 3.43. The molecule has 1 atom stereocenters. The molecule has 0 spiro atoms. The van der Waals surface area contributed by atoms with E-state index in [-0.39, 0.29) is 6.10 Å². The molecule has 1 N–H and O–H groups in total. The fraction of sp³-hybridized carbons (Fsp3) is 0.211.